The molecule has 0 aromatic rings. The van der Waals surface area contributed by atoms with Gasteiger partial charge < -0.3 is 0 Å². The smallest absolute Gasteiger partial charge is 0.00809 e. The largest absolute Gasteiger partial charge is 0.158 e. The molecule has 0 N–H and O–H groups in total. The Morgan fingerprint density at radius 2 is 1.58 bits per heavy atom. The Hall–Kier alpha value is 0.350. The van der Waals surface area contributed by atoms with Crippen LogP contribution in [0.4, 0.5) is 0 Å². The van der Waals surface area contributed by atoms with Crippen LogP contribution >= 0.6 is 11.8 Å². The van der Waals surface area contributed by atoms with Gasteiger partial charge in [0.2, 0.25) is 0 Å². The molecule has 5 atom stereocenters. The van der Waals surface area contributed by atoms with E-state index in [0.717, 1.165) is 17.1 Å². The fourth-order valence-electron chi connectivity index (χ4n) is 4.58. The Balaban J connectivity index is 0.000000415. The van der Waals surface area contributed by atoms with Crippen LogP contribution in [0.25, 0.3) is 0 Å². The molecule has 0 amide bonds. The summed E-state index contributed by atoms with van der Waals surface area (Å²) in [6.45, 7) is 10.3. The number of fused-ring (bicyclic) bond motifs is 5. The second-order valence-electron chi connectivity index (χ2n) is 5.92. The highest BCUT2D eigenvalue weighted by atomic mass is 32.2. The molecule has 0 aromatic carbocycles. The predicted octanol–water partition coefficient (Wildman–Crippen LogP) is 6.40. The Kier molecular flexibility index (Phi) is 8.53. The van der Waals surface area contributed by atoms with E-state index in [1.54, 1.807) is 32.1 Å². The van der Waals surface area contributed by atoms with E-state index in [9.17, 15) is 0 Å². The van der Waals surface area contributed by atoms with Gasteiger partial charge in [0.25, 0.3) is 0 Å². The molecule has 0 spiro atoms. The van der Waals surface area contributed by atoms with Gasteiger partial charge >= 0.3 is 0 Å². The van der Waals surface area contributed by atoms with Gasteiger partial charge in [-0.2, -0.15) is 11.8 Å². The minimum atomic E-state index is 1.07. The molecule has 0 aliphatic heterocycles. The zero-order chi connectivity index (χ0) is 14.3. The van der Waals surface area contributed by atoms with Gasteiger partial charge in [-0.05, 0) is 61.5 Å². The third kappa shape index (κ3) is 3.93. The molecule has 5 unspecified atom stereocenters. The molecule has 1 heteroatoms. The summed E-state index contributed by atoms with van der Waals surface area (Å²) in [6, 6.07) is 0. The Labute approximate surface area is 126 Å². The maximum atomic E-state index is 2.32. The van der Waals surface area contributed by atoms with Crippen LogP contribution in [-0.4, -0.2) is 11.0 Å². The fourth-order valence-corrected chi connectivity index (χ4v) is 6.28. The third-order valence-electron chi connectivity index (χ3n) is 5.20. The average molecular weight is 285 g/mol. The first-order chi connectivity index (χ1) is 9.40. The molecule has 3 rings (SSSR count). The van der Waals surface area contributed by atoms with Crippen molar-refractivity contribution < 1.29 is 0 Å². The second-order valence-corrected chi connectivity index (χ2v) is 7.26. The van der Waals surface area contributed by atoms with E-state index < -0.39 is 0 Å². The van der Waals surface area contributed by atoms with Gasteiger partial charge in [-0.1, -0.05) is 47.5 Å². The lowest BCUT2D eigenvalue weighted by molar-refractivity contribution is 0.266. The van der Waals surface area contributed by atoms with E-state index in [0.29, 0.717) is 0 Å². The van der Waals surface area contributed by atoms with Crippen LogP contribution in [0.1, 0.15) is 79.6 Å². The number of hydrogen-bond acceptors (Lipinski definition) is 1. The summed E-state index contributed by atoms with van der Waals surface area (Å²) in [7, 11) is 0. The first-order valence-corrected chi connectivity index (χ1v) is 10.1. The number of unbranched alkanes of at least 4 members (excludes halogenated alkanes) is 1. The maximum Gasteiger partial charge on any atom is 0.00809 e. The monoisotopic (exact) mass is 284 g/mol. The average Bonchev–Trinajstić information content (AvgIpc) is 3.16. The zero-order valence-corrected chi connectivity index (χ0v) is 14.8. The van der Waals surface area contributed by atoms with Crippen LogP contribution in [0.3, 0.4) is 0 Å². The first kappa shape index (κ1) is 17.4. The fraction of sp³-hybridized carbons (Fsp3) is 1.00. The summed E-state index contributed by atoms with van der Waals surface area (Å²) in [4.78, 5) is 0. The van der Waals surface area contributed by atoms with E-state index in [1.165, 1.54) is 30.4 Å². The van der Waals surface area contributed by atoms with Gasteiger partial charge in [0.05, 0.1) is 0 Å². The van der Waals surface area contributed by atoms with Crippen LogP contribution < -0.4 is 0 Å². The highest BCUT2D eigenvalue weighted by Crippen LogP contribution is 2.61. The summed E-state index contributed by atoms with van der Waals surface area (Å²) in [5.41, 5.74) is 0. The Morgan fingerprint density at radius 3 is 2.26 bits per heavy atom. The molecule has 0 aromatic heterocycles. The molecule has 3 aliphatic carbocycles. The second kappa shape index (κ2) is 9.32. The molecular formula is C18H36S. The van der Waals surface area contributed by atoms with Gasteiger partial charge in [-0.15, -0.1) is 0 Å². The van der Waals surface area contributed by atoms with Crippen LogP contribution in [0.2, 0.25) is 0 Å². The lowest BCUT2D eigenvalue weighted by atomic mass is 9.81. The van der Waals surface area contributed by atoms with Crippen molar-refractivity contribution in [2.24, 2.45) is 23.7 Å². The number of hydrogen-bond donors (Lipinski definition) is 0. The molecule has 2 bridgehead atoms. The standard InChI is InChI=1S/C14H24S.2C2H6/c1-2-3-7-15-14-9-10-8-13(14)12-6-4-5-11(10)12;2*1-2/h10-14H,2-9H2,1H3;2*1-2H3. The van der Waals surface area contributed by atoms with Gasteiger partial charge in [0, 0.05) is 5.25 Å². The first-order valence-electron chi connectivity index (χ1n) is 9.01. The van der Waals surface area contributed by atoms with Crippen molar-refractivity contribution in [1.82, 2.24) is 0 Å². The molecular weight excluding hydrogens is 248 g/mol. The van der Waals surface area contributed by atoms with E-state index in [-0.39, 0.29) is 0 Å². The normalized spacial score (nSPS) is 38.1. The summed E-state index contributed by atoms with van der Waals surface area (Å²) < 4.78 is 0. The van der Waals surface area contributed by atoms with Gasteiger partial charge in [-0.3, -0.25) is 0 Å². The van der Waals surface area contributed by atoms with Crippen molar-refractivity contribution in [1.29, 1.82) is 0 Å². The number of thioether (sulfide) groups is 1. The highest BCUT2D eigenvalue weighted by Gasteiger charge is 2.53. The van der Waals surface area contributed by atoms with Crippen molar-refractivity contribution >= 4 is 11.8 Å². The topological polar surface area (TPSA) is 0 Å². The maximum absolute atomic E-state index is 2.32. The third-order valence-corrected chi connectivity index (χ3v) is 6.69. The molecule has 0 heterocycles. The summed E-state index contributed by atoms with van der Waals surface area (Å²) in [5, 5.41) is 1.07. The molecule has 3 aliphatic rings. The molecule has 0 radical (unpaired) electrons. The van der Waals surface area contributed by atoms with Crippen LogP contribution in [0.15, 0.2) is 0 Å². The summed E-state index contributed by atoms with van der Waals surface area (Å²) in [6.07, 6.45) is 10.7. The van der Waals surface area contributed by atoms with Gasteiger partial charge in [0.15, 0.2) is 0 Å². The molecule has 3 saturated carbocycles. The molecule has 114 valence electrons. The molecule has 0 saturated heterocycles. The Morgan fingerprint density at radius 1 is 0.895 bits per heavy atom. The lowest BCUT2D eigenvalue weighted by Gasteiger charge is -2.31. The predicted molar refractivity (Wildman–Crippen MR) is 90.9 cm³/mol. The van der Waals surface area contributed by atoms with Crippen LogP contribution in [0, 0.1) is 23.7 Å². The van der Waals surface area contributed by atoms with Crippen LogP contribution in [0.5, 0.6) is 0 Å². The minimum Gasteiger partial charge on any atom is -0.158 e. The Bertz CT molecular complexity index is 226. The van der Waals surface area contributed by atoms with Crippen molar-refractivity contribution in [3.8, 4) is 0 Å². The van der Waals surface area contributed by atoms with E-state index >= 15 is 0 Å². The van der Waals surface area contributed by atoms with Crippen molar-refractivity contribution in [2.45, 2.75) is 84.8 Å². The van der Waals surface area contributed by atoms with Gasteiger partial charge in [-0.25, -0.2) is 0 Å². The molecule has 3 fully saturated rings. The van der Waals surface area contributed by atoms with Crippen molar-refractivity contribution in [2.75, 3.05) is 5.75 Å². The molecule has 19 heavy (non-hydrogen) atoms. The molecule has 0 nitrogen and oxygen atoms in total. The zero-order valence-electron chi connectivity index (χ0n) is 14.0. The van der Waals surface area contributed by atoms with E-state index in [2.05, 4.69) is 18.7 Å². The SMILES string of the molecule is CC.CC.CCCCSC1CC2CC1C1CCCC21. The van der Waals surface area contributed by atoms with Crippen molar-refractivity contribution in [3.05, 3.63) is 0 Å². The minimum absolute atomic E-state index is 1.07. The van der Waals surface area contributed by atoms with Gasteiger partial charge in [0.1, 0.15) is 0 Å². The quantitative estimate of drug-likeness (QED) is 0.538. The number of rotatable bonds is 4. The summed E-state index contributed by atoms with van der Waals surface area (Å²) >= 11 is 2.32. The van der Waals surface area contributed by atoms with E-state index in [1.807, 2.05) is 27.7 Å². The van der Waals surface area contributed by atoms with Crippen molar-refractivity contribution in [3.63, 3.8) is 0 Å². The summed E-state index contributed by atoms with van der Waals surface area (Å²) in [5.74, 6) is 6.08. The van der Waals surface area contributed by atoms with E-state index in [4.69, 9.17) is 0 Å². The van der Waals surface area contributed by atoms with Crippen LogP contribution in [-0.2, 0) is 0 Å². The lowest BCUT2D eigenvalue weighted by Crippen LogP contribution is -2.26. The highest BCUT2D eigenvalue weighted by molar-refractivity contribution is 7.99.